The Balaban J connectivity index is 1.21. The number of aliphatic hydroxyl groups is 1. The Morgan fingerprint density at radius 3 is 2.29 bits per heavy atom. The van der Waals surface area contributed by atoms with Crippen molar-refractivity contribution >= 4 is 23.2 Å². The number of aromatic nitrogens is 2. The summed E-state index contributed by atoms with van der Waals surface area (Å²) in [6.45, 7) is 8.29. The fourth-order valence-electron chi connectivity index (χ4n) is 5.91. The standard InChI is InChI=1S/C39H48N4O4S/c1-4-5-6-7-8-21-47-33-15-13-30(14-16-33)32-23-40-37(41-24-32)31-11-9-28(10-12-31)22-34(39(46)43-20-19-29(25-43)26-44)42-38(45)36-18-17-35(48-36)27(2)3/h9-18,23-24,27,29,34,44H,4-8,19-22,25-26H2,1-3H3,(H,42,45)/t29-,34-/m0/s1. The van der Waals surface area contributed by atoms with E-state index < -0.39 is 6.04 Å². The number of rotatable bonds is 16. The molecule has 1 fully saturated rings. The third kappa shape index (κ3) is 9.51. The molecule has 4 aromatic rings. The molecule has 254 valence electrons. The van der Waals surface area contributed by atoms with Crippen molar-refractivity contribution in [1.82, 2.24) is 20.2 Å². The Bertz CT molecular complexity index is 1600. The van der Waals surface area contributed by atoms with Gasteiger partial charge in [0.2, 0.25) is 5.91 Å². The number of unbranched alkanes of at least 4 members (excludes halogenated alkanes) is 4. The molecule has 9 heteroatoms. The van der Waals surface area contributed by atoms with Crippen molar-refractivity contribution < 1.29 is 19.4 Å². The van der Waals surface area contributed by atoms with Gasteiger partial charge in [0.25, 0.3) is 5.91 Å². The number of nitrogens with one attached hydrogen (secondary N) is 1. The Kier molecular flexibility index (Phi) is 12.7. The molecule has 2 aromatic heterocycles. The molecule has 2 amide bonds. The molecule has 5 rings (SSSR count). The van der Waals surface area contributed by atoms with E-state index in [-0.39, 0.29) is 24.3 Å². The van der Waals surface area contributed by atoms with Crippen molar-refractivity contribution in [3.05, 3.63) is 88.4 Å². The van der Waals surface area contributed by atoms with Crippen molar-refractivity contribution in [3.8, 4) is 28.3 Å². The number of aliphatic hydroxyl groups excluding tert-OH is 1. The second-order valence-electron chi connectivity index (χ2n) is 13.0. The normalized spacial score (nSPS) is 15.1. The lowest BCUT2D eigenvalue weighted by Gasteiger charge is -2.24. The number of likely N-dealkylation sites (tertiary alicyclic amines) is 1. The van der Waals surface area contributed by atoms with E-state index in [1.54, 1.807) is 4.90 Å². The van der Waals surface area contributed by atoms with Crippen LogP contribution in [0.15, 0.2) is 73.1 Å². The topological polar surface area (TPSA) is 105 Å². The zero-order chi connectivity index (χ0) is 33.9. The molecule has 1 aliphatic heterocycles. The van der Waals surface area contributed by atoms with Crippen LogP contribution in [0.4, 0.5) is 0 Å². The van der Waals surface area contributed by atoms with Gasteiger partial charge in [-0.2, -0.15) is 0 Å². The Morgan fingerprint density at radius 1 is 0.938 bits per heavy atom. The number of hydrogen-bond acceptors (Lipinski definition) is 7. The third-order valence-corrected chi connectivity index (χ3v) is 10.3. The van der Waals surface area contributed by atoms with Gasteiger partial charge in [0, 0.05) is 60.4 Å². The van der Waals surface area contributed by atoms with Gasteiger partial charge in [-0.15, -0.1) is 11.3 Å². The van der Waals surface area contributed by atoms with Crippen molar-refractivity contribution in [2.45, 2.75) is 77.7 Å². The Hall–Kier alpha value is -4.08. The summed E-state index contributed by atoms with van der Waals surface area (Å²) in [5.41, 5.74) is 3.74. The Morgan fingerprint density at radius 2 is 1.65 bits per heavy atom. The highest BCUT2D eigenvalue weighted by Crippen LogP contribution is 2.26. The van der Waals surface area contributed by atoms with Crippen LogP contribution in [-0.4, -0.2) is 64.1 Å². The fraction of sp³-hybridized carbons (Fsp3) is 0.436. The summed E-state index contributed by atoms with van der Waals surface area (Å²) in [7, 11) is 0. The van der Waals surface area contributed by atoms with Crippen molar-refractivity contribution in [2.75, 3.05) is 26.3 Å². The summed E-state index contributed by atoms with van der Waals surface area (Å²) in [5, 5.41) is 12.6. The van der Waals surface area contributed by atoms with Gasteiger partial charge in [-0.25, -0.2) is 9.97 Å². The molecule has 2 atom stereocenters. The molecular weight excluding hydrogens is 621 g/mol. The van der Waals surface area contributed by atoms with Gasteiger partial charge in [-0.1, -0.05) is 82.9 Å². The molecule has 3 heterocycles. The summed E-state index contributed by atoms with van der Waals surface area (Å²) >= 11 is 1.46. The number of carbonyl (C=O) groups excluding carboxylic acids is 2. The minimum Gasteiger partial charge on any atom is -0.494 e. The highest BCUT2D eigenvalue weighted by atomic mass is 32.1. The van der Waals surface area contributed by atoms with Crippen LogP contribution in [0.25, 0.3) is 22.5 Å². The average Bonchev–Trinajstić information content (AvgIpc) is 3.81. The maximum atomic E-state index is 13.6. The molecule has 2 N–H and O–H groups in total. The molecule has 0 spiro atoms. The first-order chi connectivity index (χ1) is 23.3. The van der Waals surface area contributed by atoms with Crippen LogP contribution in [0.2, 0.25) is 0 Å². The van der Waals surface area contributed by atoms with Crippen molar-refractivity contribution in [2.24, 2.45) is 5.92 Å². The smallest absolute Gasteiger partial charge is 0.262 e. The number of hydrogen-bond donors (Lipinski definition) is 2. The van der Waals surface area contributed by atoms with Crippen LogP contribution >= 0.6 is 11.3 Å². The minimum atomic E-state index is -0.719. The number of ether oxygens (including phenoxy) is 1. The quantitative estimate of drug-likeness (QED) is 0.120. The average molecular weight is 669 g/mol. The molecule has 1 saturated heterocycles. The molecule has 8 nitrogen and oxygen atoms in total. The lowest BCUT2D eigenvalue weighted by molar-refractivity contribution is -0.132. The zero-order valence-electron chi connectivity index (χ0n) is 28.4. The SMILES string of the molecule is CCCCCCCOc1ccc(-c2cnc(-c3ccc(C[C@H](NC(=O)c4ccc(C(C)C)s4)C(=O)N4CC[C@H](CO)C4)cc3)nc2)cc1. The lowest BCUT2D eigenvalue weighted by atomic mass is 10.0. The van der Waals surface area contributed by atoms with Gasteiger partial charge >= 0.3 is 0 Å². The lowest BCUT2D eigenvalue weighted by Crippen LogP contribution is -2.49. The van der Waals surface area contributed by atoms with Gasteiger partial charge < -0.3 is 20.1 Å². The molecule has 2 aromatic carbocycles. The van der Waals surface area contributed by atoms with Gasteiger partial charge in [-0.05, 0) is 54.2 Å². The molecule has 0 aliphatic carbocycles. The van der Waals surface area contributed by atoms with Gasteiger partial charge in [0.05, 0.1) is 11.5 Å². The number of carbonyl (C=O) groups is 2. The fourth-order valence-corrected chi connectivity index (χ4v) is 6.82. The van der Waals surface area contributed by atoms with Gasteiger partial charge in [0.15, 0.2) is 5.82 Å². The molecule has 48 heavy (non-hydrogen) atoms. The maximum Gasteiger partial charge on any atom is 0.262 e. The summed E-state index contributed by atoms with van der Waals surface area (Å²) in [6.07, 6.45) is 10.8. The van der Waals surface area contributed by atoms with Crippen LogP contribution in [0, 0.1) is 5.92 Å². The first-order valence-corrected chi connectivity index (χ1v) is 18.1. The van der Waals surface area contributed by atoms with Crippen molar-refractivity contribution in [1.29, 1.82) is 0 Å². The molecule has 0 bridgehead atoms. The summed E-state index contributed by atoms with van der Waals surface area (Å²) in [4.78, 5) is 39.6. The number of thiophene rings is 1. The largest absolute Gasteiger partial charge is 0.494 e. The number of amides is 2. The monoisotopic (exact) mass is 668 g/mol. The molecule has 0 radical (unpaired) electrons. The van der Waals surface area contributed by atoms with Crippen LogP contribution in [-0.2, 0) is 11.2 Å². The predicted molar refractivity (Wildman–Crippen MR) is 192 cm³/mol. The highest BCUT2D eigenvalue weighted by Gasteiger charge is 2.32. The van der Waals surface area contributed by atoms with E-state index in [1.165, 1.54) is 37.0 Å². The van der Waals surface area contributed by atoms with E-state index in [4.69, 9.17) is 4.74 Å². The second kappa shape index (κ2) is 17.4. The van der Waals surface area contributed by atoms with Gasteiger partial charge in [-0.3, -0.25) is 9.59 Å². The van der Waals surface area contributed by atoms with E-state index in [2.05, 4.69) is 36.1 Å². The van der Waals surface area contributed by atoms with E-state index in [1.807, 2.05) is 73.1 Å². The first-order valence-electron chi connectivity index (χ1n) is 17.3. The first kappa shape index (κ1) is 35.2. The second-order valence-corrected chi connectivity index (χ2v) is 14.1. The van der Waals surface area contributed by atoms with Gasteiger partial charge in [0.1, 0.15) is 11.8 Å². The molecular formula is C39H48N4O4S. The van der Waals surface area contributed by atoms with E-state index in [0.717, 1.165) is 52.3 Å². The predicted octanol–water partition coefficient (Wildman–Crippen LogP) is 7.53. The van der Waals surface area contributed by atoms with Crippen LogP contribution in [0.5, 0.6) is 5.75 Å². The summed E-state index contributed by atoms with van der Waals surface area (Å²) in [5.74, 6) is 1.52. The molecule has 0 unspecified atom stereocenters. The van der Waals surface area contributed by atoms with E-state index in [0.29, 0.717) is 36.1 Å². The molecule has 1 aliphatic rings. The van der Waals surface area contributed by atoms with Crippen LogP contribution in [0.3, 0.4) is 0 Å². The zero-order valence-corrected chi connectivity index (χ0v) is 29.2. The van der Waals surface area contributed by atoms with E-state index in [9.17, 15) is 14.7 Å². The third-order valence-electron chi connectivity index (χ3n) is 8.89. The van der Waals surface area contributed by atoms with E-state index >= 15 is 0 Å². The summed E-state index contributed by atoms with van der Waals surface area (Å²) in [6, 6.07) is 19.0. The Labute approximate surface area is 288 Å². The molecule has 0 saturated carbocycles. The minimum absolute atomic E-state index is 0.0546. The number of benzene rings is 2. The number of nitrogens with zero attached hydrogens (tertiary/aromatic N) is 3. The van der Waals surface area contributed by atoms with Crippen molar-refractivity contribution in [3.63, 3.8) is 0 Å². The highest BCUT2D eigenvalue weighted by molar-refractivity contribution is 7.14. The maximum absolute atomic E-state index is 13.6. The van der Waals surface area contributed by atoms with Crippen LogP contribution in [0.1, 0.15) is 85.3 Å². The summed E-state index contributed by atoms with van der Waals surface area (Å²) < 4.78 is 5.90. The van der Waals surface area contributed by atoms with Crippen LogP contribution < -0.4 is 10.1 Å².